The number of carbonyl (C=O) groups is 2. The van der Waals surface area contributed by atoms with Gasteiger partial charge in [-0.05, 0) is 55.0 Å². The van der Waals surface area contributed by atoms with Crippen LogP contribution in [0.1, 0.15) is 43.2 Å². The first-order chi connectivity index (χ1) is 20.6. The average Bonchev–Trinajstić information content (AvgIpc) is 3.60. The molecule has 9 heteroatoms. The van der Waals surface area contributed by atoms with Crippen LogP contribution in [0.5, 0.6) is 0 Å². The van der Waals surface area contributed by atoms with Crippen LogP contribution in [0, 0.1) is 0 Å². The normalized spacial score (nSPS) is 16.3. The molecule has 4 heterocycles. The number of nitrogens with one attached hydrogen (secondary N) is 2. The molecule has 4 aromatic rings. The molecule has 2 N–H and O–H groups in total. The Morgan fingerprint density at radius 2 is 1.74 bits per heavy atom. The molecule has 0 atom stereocenters. The van der Waals surface area contributed by atoms with E-state index in [1.54, 1.807) is 0 Å². The van der Waals surface area contributed by atoms with E-state index in [1.165, 1.54) is 5.56 Å². The number of benzene rings is 2. The van der Waals surface area contributed by atoms with E-state index in [4.69, 9.17) is 0 Å². The number of piperidine rings is 1. The number of hydrogen-bond acceptors (Lipinski definition) is 6. The fourth-order valence-electron chi connectivity index (χ4n) is 6.08. The number of aromatic nitrogens is 3. The molecule has 0 aliphatic carbocycles. The van der Waals surface area contributed by atoms with Gasteiger partial charge in [0.15, 0.2) is 5.82 Å². The van der Waals surface area contributed by atoms with E-state index in [-0.39, 0.29) is 17.9 Å². The first kappa shape index (κ1) is 27.9. The number of fused-ring (bicyclic) bond motifs is 1. The van der Waals surface area contributed by atoms with Crippen molar-refractivity contribution in [3.63, 3.8) is 0 Å². The molecule has 2 aromatic heterocycles. The standard InChI is InChI=1S/C33H39N7O2/c41-32(35-27-15-20-38(21-16-27)23-25-8-2-1-3-9-25)22-26-24-40(29-11-5-4-10-28(26)29)31-14-13-30(36-37-31)34-17-7-19-39-18-6-12-33(39)42/h1-5,8-11,13-14,24,27H,6-7,12,15-23H2,(H,34,36)(H,35,41). The smallest absolute Gasteiger partial charge is 0.224 e. The van der Waals surface area contributed by atoms with Gasteiger partial charge in [0, 0.05) is 63.3 Å². The van der Waals surface area contributed by atoms with Gasteiger partial charge in [0.25, 0.3) is 0 Å². The zero-order chi connectivity index (χ0) is 28.7. The van der Waals surface area contributed by atoms with Gasteiger partial charge in [0.05, 0.1) is 11.9 Å². The van der Waals surface area contributed by atoms with E-state index in [2.05, 4.69) is 56.1 Å². The first-order valence-corrected chi connectivity index (χ1v) is 15.1. The number of nitrogens with zero attached hydrogens (tertiary/aromatic N) is 5. The molecule has 0 saturated carbocycles. The molecule has 9 nitrogen and oxygen atoms in total. The van der Waals surface area contributed by atoms with Crippen molar-refractivity contribution in [2.24, 2.45) is 0 Å². The summed E-state index contributed by atoms with van der Waals surface area (Å²) in [7, 11) is 0. The molecule has 218 valence electrons. The molecule has 2 aromatic carbocycles. The van der Waals surface area contributed by atoms with Gasteiger partial charge in [-0.1, -0.05) is 48.5 Å². The molecule has 0 bridgehead atoms. The minimum absolute atomic E-state index is 0.0562. The first-order valence-electron chi connectivity index (χ1n) is 15.1. The summed E-state index contributed by atoms with van der Waals surface area (Å²) in [5.41, 5.74) is 3.31. The largest absolute Gasteiger partial charge is 0.369 e. The Morgan fingerprint density at radius 3 is 2.50 bits per heavy atom. The lowest BCUT2D eigenvalue weighted by Crippen LogP contribution is -2.44. The summed E-state index contributed by atoms with van der Waals surface area (Å²) >= 11 is 0. The molecule has 2 aliphatic rings. The number of hydrogen-bond donors (Lipinski definition) is 2. The second kappa shape index (κ2) is 13.2. The fraction of sp³-hybridized carbons (Fsp3) is 0.394. The van der Waals surface area contributed by atoms with Crippen LogP contribution in [0.25, 0.3) is 16.7 Å². The fourth-order valence-corrected chi connectivity index (χ4v) is 6.08. The molecular formula is C33H39N7O2. The monoisotopic (exact) mass is 565 g/mol. The molecule has 42 heavy (non-hydrogen) atoms. The Kier molecular flexibility index (Phi) is 8.75. The highest BCUT2D eigenvalue weighted by atomic mass is 16.2. The Morgan fingerprint density at radius 1 is 0.929 bits per heavy atom. The third-order valence-electron chi connectivity index (χ3n) is 8.33. The topological polar surface area (TPSA) is 95.4 Å². The van der Waals surface area contributed by atoms with E-state index < -0.39 is 0 Å². The molecule has 2 aliphatic heterocycles. The van der Waals surface area contributed by atoms with Crippen LogP contribution >= 0.6 is 0 Å². The zero-order valence-corrected chi connectivity index (χ0v) is 24.0. The average molecular weight is 566 g/mol. The van der Waals surface area contributed by atoms with Crippen LogP contribution in [0.3, 0.4) is 0 Å². The predicted molar refractivity (Wildman–Crippen MR) is 164 cm³/mol. The van der Waals surface area contributed by atoms with Crippen molar-refractivity contribution in [3.8, 4) is 5.82 Å². The molecular weight excluding hydrogens is 526 g/mol. The van der Waals surface area contributed by atoms with Crippen molar-refractivity contribution in [2.45, 2.75) is 51.1 Å². The number of anilines is 1. The van der Waals surface area contributed by atoms with Crippen molar-refractivity contribution in [3.05, 3.63) is 84.1 Å². The number of carbonyl (C=O) groups excluding carboxylic acids is 2. The summed E-state index contributed by atoms with van der Waals surface area (Å²) in [5.74, 6) is 1.73. The van der Waals surface area contributed by atoms with E-state index in [1.807, 2.05) is 52.1 Å². The van der Waals surface area contributed by atoms with Crippen molar-refractivity contribution in [1.29, 1.82) is 0 Å². The van der Waals surface area contributed by atoms with Gasteiger partial charge < -0.3 is 15.5 Å². The van der Waals surface area contributed by atoms with Crippen LogP contribution in [0.2, 0.25) is 0 Å². The number of likely N-dealkylation sites (tertiary alicyclic amines) is 2. The molecule has 0 radical (unpaired) electrons. The van der Waals surface area contributed by atoms with E-state index in [0.717, 1.165) is 81.4 Å². The van der Waals surface area contributed by atoms with Crippen molar-refractivity contribution in [2.75, 3.05) is 38.0 Å². The van der Waals surface area contributed by atoms with E-state index in [0.29, 0.717) is 24.5 Å². The maximum absolute atomic E-state index is 13.1. The summed E-state index contributed by atoms with van der Waals surface area (Å²) in [6.07, 6.45) is 6.78. The highest BCUT2D eigenvalue weighted by molar-refractivity contribution is 5.90. The van der Waals surface area contributed by atoms with Crippen LogP contribution < -0.4 is 10.6 Å². The number of para-hydroxylation sites is 1. The van der Waals surface area contributed by atoms with Gasteiger partial charge in [0.2, 0.25) is 11.8 Å². The zero-order valence-electron chi connectivity index (χ0n) is 24.0. The Bertz CT molecular complexity index is 1490. The number of rotatable bonds is 11. The van der Waals surface area contributed by atoms with Gasteiger partial charge in [-0.2, -0.15) is 0 Å². The van der Waals surface area contributed by atoms with Gasteiger partial charge in [0.1, 0.15) is 5.82 Å². The summed E-state index contributed by atoms with van der Waals surface area (Å²) in [4.78, 5) is 29.3. The predicted octanol–water partition coefficient (Wildman–Crippen LogP) is 4.17. The third kappa shape index (κ3) is 6.79. The van der Waals surface area contributed by atoms with Crippen molar-refractivity contribution in [1.82, 2.24) is 29.9 Å². The van der Waals surface area contributed by atoms with E-state index >= 15 is 0 Å². The van der Waals surface area contributed by atoms with Crippen LogP contribution in [-0.2, 0) is 22.6 Å². The van der Waals surface area contributed by atoms with Crippen molar-refractivity contribution < 1.29 is 9.59 Å². The van der Waals surface area contributed by atoms with Crippen molar-refractivity contribution >= 4 is 28.5 Å². The lowest BCUT2D eigenvalue weighted by atomic mass is 10.0. The molecule has 2 fully saturated rings. The highest BCUT2D eigenvalue weighted by Gasteiger charge is 2.22. The van der Waals surface area contributed by atoms with E-state index in [9.17, 15) is 9.59 Å². The summed E-state index contributed by atoms with van der Waals surface area (Å²) in [5, 5.41) is 16.5. The molecule has 2 saturated heterocycles. The lowest BCUT2D eigenvalue weighted by Gasteiger charge is -2.32. The molecule has 0 unspecified atom stereocenters. The Labute approximate surface area is 246 Å². The molecule has 6 rings (SSSR count). The minimum atomic E-state index is 0.0562. The summed E-state index contributed by atoms with van der Waals surface area (Å²) in [6, 6.07) is 22.8. The van der Waals surface area contributed by atoms with Gasteiger partial charge in [-0.25, -0.2) is 0 Å². The second-order valence-corrected chi connectivity index (χ2v) is 11.4. The summed E-state index contributed by atoms with van der Waals surface area (Å²) < 4.78 is 2.01. The number of amides is 2. The Hall–Kier alpha value is -4.24. The summed E-state index contributed by atoms with van der Waals surface area (Å²) in [6.45, 7) is 5.31. The highest BCUT2D eigenvalue weighted by Crippen LogP contribution is 2.25. The molecule has 0 spiro atoms. The van der Waals surface area contributed by atoms with Gasteiger partial charge in [-0.3, -0.25) is 19.1 Å². The quantitative estimate of drug-likeness (QED) is 0.265. The third-order valence-corrected chi connectivity index (χ3v) is 8.33. The Balaban J connectivity index is 1.03. The van der Waals surface area contributed by atoms with Crippen LogP contribution in [-0.4, -0.2) is 75.1 Å². The van der Waals surface area contributed by atoms with Gasteiger partial charge in [-0.15, -0.1) is 10.2 Å². The van der Waals surface area contributed by atoms with Crippen LogP contribution in [0.4, 0.5) is 5.82 Å². The van der Waals surface area contributed by atoms with Crippen LogP contribution in [0.15, 0.2) is 72.9 Å². The van der Waals surface area contributed by atoms with Gasteiger partial charge >= 0.3 is 0 Å². The lowest BCUT2D eigenvalue weighted by molar-refractivity contribution is -0.127. The second-order valence-electron chi connectivity index (χ2n) is 11.4. The maximum atomic E-state index is 13.1. The maximum Gasteiger partial charge on any atom is 0.224 e. The SMILES string of the molecule is O=C(Cc1cn(-c2ccc(NCCCN3CCCC3=O)nn2)c2ccccc12)NC1CCN(Cc2ccccc2)CC1. The minimum Gasteiger partial charge on any atom is -0.369 e. The molecule has 2 amide bonds.